The van der Waals surface area contributed by atoms with Crippen LogP contribution in [0.3, 0.4) is 0 Å². The number of rotatable bonds is 2. The topological polar surface area (TPSA) is 12.5 Å². The highest BCUT2D eigenvalue weighted by Gasteiger charge is 2.27. The first-order valence-corrected chi connectivity index (χ1v) is 5.96. The molecule has 0 N–H and O–H groups in total. The summed E-state index contributed by atoms with van der Waals surface area (Å²) in [4.78, 5) is 3.04. The lowest BCUT2D eigenvalue weighted by molar-refractivity contribution is -0.0778. The summed E-state index contributed by atoms with van der Waals surface area (Å²) in [6.07, 6.45) is 0.745. The molecule has 3 heteroatoms. The van der Waals surface area contributed by atoms with Crippen molar-refractivity contribution in [3.8, 4) is 0 Å². The number of alkyl halides is 1. The van der Waals surface area contributed by atoms with E-state index in [-0.39, 0.29) is 0 Å². The first-order valence-electron chi connectivity index (χ1n) is 5.04. The number of hydrogen-bond donors (Lipinski definition) is 0. The first kappa shape index (κ1) is 11.5. The van der Waals surface area contributed by atoms with Crippen LogP contribution in [0.25, 0.3) is 0 Å². The van der Waals surface area contributed by atoms with Crippen LogP contribution in [0.5, 0.6) is 0 Å². The van der Waals surface area contributed by atoms with Gasteiger partial charge in [0.05, 0.1) is 12.2 Å². The summed E-state index contributed by atoms with van der Waals surface area (Å²) in [5, 5.41) is 0. The van der Waals surface area contributed by atoms with Gasteiger partial charge in [-0.3, -0.25) is 4.90 Å². The summed E-state index contributed by atoms with van der Waals surface area (Å²) in [5.74, 6) is 0. The molecule has 2 nitrogen and oxygen atoms in total. The maximum absolute atomic E-state index is 5.69. The molecular weight excluding hydrogens is 230 g/mol. The summed E-state index contributed by atoms with van der Waals surface area (Å²) in [6.45, 7) is 10.9. The van der Waals surface area contributed by atoms with Crippen molar-refractivity contribution in [1.29, 1.82) is 0 Å². The van der Waals surface area contributed by atoms with E-state index in [1.165, 1.54) is 0 Å². The monoisotopic (exact) mass is 249 g/mol. The Balaban J connectivity index is 2.49. The second-order valence-electron chi connectivity index (χ2n) is 4.13. The minimum atomic E-state index is 0.373. The number of ether oxygens (including phenoxy) is 1. The second kappa shape index (κ2) is 4.76. The van der Waals surface area contributed by atoms with Gasteiger partial charge in [0.15, 0.2) is 0 Å². The molecule has 4 atom stereocenters. The van der Waals surface area contributed by atoms with Crippen LogP contribution in [0.1, 0.15) is 27.7 Å². The average Bonchev–Trinajstić information content (AvgIpc) is 2.01. The lowest BCUT2D eigenvalue weighted by Gasteiger charge is -2.39. The third kappa shape index (κ3) is 3.22. The quantitative estimate of drug-likeness (QED) is 0.697. The maximum atomic E-state index is 5.69. The van der Waals surface area contributed by atoms with Gasteiger partial charge in [-0.05, 0) is 20.8 Å². The molecule has 0 aliphatic carbocycles. The SMILES string of the molecule is CC([C@H](C)Br)N1C[C@@H](C)O[C@@H](C)C1. The predicted octanol–water partition coefficient (Wildman–Crippen LogP) is 2.27. The fourth-order valence-electron chi connectivity index (χ4n) is 1.84. The zero-order valence-corrected chi connectivity index (χ0v) is 10.5. The molecule has 1 saturated heterocycles. The largest absolute Gasteiger partial charge is 0.373 e. The molecule has 1 rings (SSSR count). The van der Waals surface area contributed by atoms with E-state index in [1.807, 2.05) is 0 Å². The van der Waals surface area contributed by atoms with E-state index >= 15 is 0 Å². The molecular formula is C10H20BrNO. The fraction of sp³-hybridized carbons (Fsp3) is 1.00. The molecule has 1 aliphatic rings. The molecule has 0 aromatic heterocycles. The molecule has 0 amide bonds. The zero-order chi connectivity index (χ0) is 10.0. The van der Waals surface area contributed by atoms with Crippen LogP contribution in [-0.4, -0.2) is 41.1 Å². The van der Waals surface area contributed by atoms with Crippen molar-refractivity contribution >= 4 is 15.9 Å². The van der Waals surface area contributed by atoms with Gasteiger partial charge in [-0.25, -0.2) is 0 Å². The van der Waals surface area contributed by atoms with Crippen LogP contribution in [-0.2, 0) is 4.74 Å². The third-order valence-electron chi connectivity index (χ3n) is 2.69. The van der Waals surface area contributed by atoms with Crippen molar-refractivity contribution in [2.24, 2.45) is 0 Å². The average molecular weight is 250 g/mol. The standard InChI is InChI=1S/C10H20BrNO/c1-7-5-12(6-8(2)13-7)10(4)9(3)11/h7-10H,5-6H2,1-4H3/t7-,8+,9-,10?/m0/s1. The number of morpholine rings is 1. The molecule has 0 radical (unpaired) electrons. The molecule has 0 aromatic rings. The van der Waals surface area contributed by atoms with Crippen LogP contribution in [0, 0.1) is 0 Å². The van der Waals surface area contributed by atoms with Crippen molar-refractivity contribution < 1.29 is 4.74 Å². The Morgan fingerprint density at radius 1 is 1.23 bits per heavy atom. The Hall–Kier alpha value is 0.400. The van der Waals surface area contributed by atoms with Crippen LogP contribution in [0.15, 0.2) is 0 Å². The second-order valence-corrected chi connectivity index (χ2v) is 5.57. The van der Waals surface area contributed by atoms with Gasteiger partial charge in [0.25, 0.3) is 0 Å². The van der Waals surface area contributed by atoms with E-state index in [2.05, 4.69) is 48.5 Å². The summed E-state index contributed by atoms with van der Waals surface area (Å²) < 4.78 is 5.69. The van der Waals surface area contributed by atoms with E-state index in [9.17, 15) is 0 Å². The Labute approximate surface area is 89.8 Å². The minimum absolute atomic E-state index is 0.373. The summed E-state index contributed by atoms with van der Waals surface area (Å²) in [7, 11) is 0. The highest BCUT2D eigenvalue weighted by atomic mass is 79.9. The molecule has 13 heavy (non-hydrogen) atoms. The Bertz CT molecular complexity index is 153. The van der Waals surface area contributed by atoms with Crippen molar-refractivity contribution in [2.75, 3.05) is 13.1 Å². The molecule has 1 unspecified atom stereocenters. The molecule has 1 fully saturated rings. The lowest BCUT2D eigenvalue weighted by Crippen LogP contribution is -2.51. The summed E-state index contributed by atoms with van der Waals surface area (Å²) >= 11 is 3.63. The van der Waals surface area contributed by atoms with Crippen LogP contribution < -0.4 is 0 Å². The van der Waals surface area contributed by atoms with Gasteiger partial charge in [-0.2, -0.15) is 0 Å². The van der Waals surface area contributed by atoms with Gasteiger partial charge in [0.1, 0.15) is 0 Å². The van der Waals surface area contributed by atoms with E-state index in [4.69, 9.17) is 4.74 Å². The van der Waals surface area contributed by atoms with Crippen molar-refractivity contribution in [1.82, 2.24) is 4.90 Å². The lowest BCUT2D eigenvalue weighted by atomic mass is 10.1. The molecule has 0 saturated carbocycles. The van der Waals surface area contributed by atoms with E-state index < -0.39 is 0 Å². The van der Waals surface area contributed by atoms with Crippen molar-refractivity contribution in [2.45, 2.75) is 50.8 Å². The third-order valence-corrected chi connectivity index (χ3v) is 3.45. The molecule has 0 bridgehead atoms. The number of halogens is 1. The number of hydrogen-bond acceptors (Lipinski definition) is 2. The van der Waals surface area contributed by atoms with E-state index in [1.54, 1.807) is 0 Å². The van der Waals surface area contributed by atoms with Gasteiger partial charge in [0, 0.05) is 24.0 Å². The Kier molecular flexibility index (Phi) is 4.20. The molecule has 78 valence electrons. The Morgan fingerprint density at radius 3 is 2.08 bits per heavy atom. The first-order chi connectivity index (χ1) is 6.00. The van der Waals surface area contributed by atoms with Crippen LogP contribution >= 0.6 is 15.9 Å². The molecule has 1 aliphatic heterocycles. The van der Waals surface area contributed by atoms with Gasteiger partial charge in [-0.15, -0.1) is 0 Å². The van der Waals surface area contributed by atoms with Gasteiger partial charge in [-0.1, -0.05) is 22.9 Å². The molecule has 0 aromatic carbocycles. The molecule has 1 heterocycles. The van der Waals surface area contributed by atoms with Gasteiger partial charge in [0.2, 0.25) is 0 Å². The predicted molar refractivity (Wildman–Crippen MR) is 59.4 cm³/mol. The normalized spacial score (nSPS) is 35.8. The number of nitrogens with zero attached hydrogens (tertiary/aromatic N) is 1. The van der Waals surface area contributed by atoms with E-state index in [0.29, 0.717) is 23.1 Å². The summed E-state index contributed by atoms with van der Waals surface area (Å²) in [5.41, 5.74) is 0. The van der Waals surface area contributed by atoms with Crippen molar-refractivity contribution in [3.63, 3.8) is 0 Å². The Morgan fingerprint density at radius 2 is 1.69 bits per heavy atom. The minimum Gasteiger partial charge on any atom is -0.373 e. The smallest absolute Gasteiger partial charge is 0.0678 e. The maximum Gasteiger partial charge on any atom is 0.0678 e. The van der Waals surface area contributed by atoms with Crippen molar-refractivity contribution in [3.05, 3.63) is 0 Å². The van der Waals surface area contributed by atoms with Gasteiger partial charge < -0.3 is 4.74 Å². The molecule has 0 spiro atoms. The summed E-state index contributed by atoms with van der Waals surface area (Å²) in [6, 6.07) is 0.591. The zero-order valence-electron chi connectivity index (χ0n) is 8.96. The van der Waals surface area contributed by atoms with E-state index in [0.717, 1.165) is 13.1 Å². The van der Waals surface area contributed by atoms with Crippen LogP contribution in [0.4, 0.5) is 0 Å². The van der Waals surface area contributed by atoms with Crippen LogP contribution in [0.2, 0.25) is 0 Å². The fourth-order valence-corrected chi connectivity index (χ4v) is 2.18. The highest BCUT2D eigenvalue weighted by Crippen LogP contribution is 2.18. The van der Waals surface area contributed by atoms with Gasteiger partial charge >= 0.3 is 0 Å². The highest BCUT2D eigenvalue weighted by molar-refractivity contribution is 9.09.